The zero-order valence-corrected chi connectivity index (χ0v) is 19.4. The van der Waals surface area contributed by atoms with Gasteiger partial charge in [0.05, 0.1) is 19.9 Å². The standard InChI is InChI=1S/C25H19ClN2O4S/c1-31-21-11-6-17(14-22(21)32-2)16-5-3-4-15(12-16)13-20-23(29)27-25(33)28(24(20)30)19-9-7-18(26)8-10-19/h3-14H,1-2H3,(H,27,29,33)/b20-13-. The molecule has 0 aliphatic carbocycles. The van der Waals surface area contributed by atoms with Gasteiger partial charge in [-0.2, -0.15) is 0 Å². The molecule has 1 saturated heterocycles. The second-order valence-corrected chi connectivity index (χ2v) is 7.95. The molecule has 2 amide bonds. The van der Waals surface area contributed by atoms with Gasteiger partial charge in [0.2, 0.25) is 0 Å². The van der Waals surface area contributed by atoms with Crippen molar-refractivity contribution in [1.82, 2.24) is 5.32 Å². The zero-order valence-electron chi connectivity index (χ0n) is 17.8. The van der Waals surface area contributed by atoms with Gasteiger partial charge in [-0.3, -0.25) is 19.8 Å². The molecular weight excluding hydrogens is 460 g/mol. The average molecular weight is 479 g/mol. The first-order valence-corrected chi connectivity index (χ1v) is 10.7. The van der Waals surface area contributed by atoms with E-state index >= 15 is 0 Å². The molecule has 0 aromatic heterocycles. The Morgan fingerprint density at radius 1 is 0.909 bits per heavy atom. The number of methoxy groups -OCH3 is 2. The summed E-state index contributed by atoms with van der Waals surface area (Å²) in [7, 11) is 3.15. The summed E-state index contributed by atoms with van der Waals surface area (Å²) in [5, 5.41) is 3.13. The molecule has 0 saturated carbocycles. The largest absolute Gasteiger partial charge is 0.493 e. The zero-order chi connectivity index (χ0) is 23.5. The first kappa shape index (κ1) is 22.5. The number of benzene rings is 3. The third-order valence-corrected chi connectivity index (χ3v) is 5.64. The number of hydrogen-bond acceptors (Lipinski definition) is 5. The van der Waals surface area contributed by atoms with E-state index in [2.05, 4.69) is 5.32 Å². The monoisotopic (exact) mass is 478 g/mol. The van der Waals surface area contributed by atoms with Crippen LogP contribution in [0.4, 0.5) is 5.69 Å². The highest BCUT2D eigenvalue weighted by molar-refractivity contribution is 7.80. The summed E-state index contributed by atoms with van der Waals surface area (Å²) in [6.45, 7) is 0. The van der Waals surface area contributed by atoms with Crippen molar-refractivity contribution in [1.29, 1.82) is 0 Å². The van der Waals surface area contributed by atoms with Crippen molar-refractivity contribution in [2.45, 2.75) is 0 Å². The fourth-order valence-corrected chi connectivity index (χ4v) is 3.88. The quantitative estimate of drug-likeness (QED) is 0.322. The van der Waals surface area contributed by atoms with Crippen LogP contribution in [-0.4, -0.2) is 31.1 Å². The lowest BCUT2D eigenvalue weighted by atomic mass is 10.0. The minimum Gasteiger partial charge on any atom is -0.493 e. The van der Waals surface area contributed by atoms with Crippen LogP contribution in [0.5, 0.6) is 11.5 Å². The highest BCUT2D eigenvalue weighted by Crippen LogP contribution is 2.33. The fraction of sp³-hybridized carbons (Fsp3) is 0.0800. The predicted molar refractivity (Wildman–Crippen MR) is 133 cm³/mol. The number of carbonyl (C=O) groups is 2. The molecule has 8 heteroatoms. The molecule has 3 aromatic rings. The number of nitrogens with one attached hydrogen (secondary N) is 1. The van der Waals surface area contributed by atoms with E-state index in [1.165, 1.54) is 4.90 Å². The lowest BCUT2D eigenvalue weighted by Crippen LogP contribution is -2.54. The first-order chi connectivity index (χ1) is 15.9. The first-order valence-electron chi connectivity index (χ1n) is 9.91. The van der Waals surface area contributed by atoms with Crippen LogP contribution < -0.4 is 19.7 Å². The van der Waals surface area contributed by atoms with Gasteiger partial charge in [-0.1, -0.05) is 35.9 Å². The maximum atomic E-state index is 13.2. The Balaban J connectivity index is 1.69. The van der Waals surface area contributed by atoms with Crippen LogP contribution in [0, 0.1) is 0 Å². The average Bonchev–Trinajstić information content (AvgIpc) is 2.82. The number of anilines is 1. The summed E-state index contributed by atoms with van der Waals surface area (Å²) < 4.78 is 10.7. The molecule has 4 rings (SSSR count). The van der Waals surface area contributed by atoms with E-state index in [-0.39, 0.29) is 10.7 Å². The molecule has 0 spiro atoms. The summed E-state index contributed by atoms with van der Waals surface area (Å²) in [4.78, 5) is 27.1. The molecule has 1 N–H and O–H groups in total. The number of rotatable bonds is 5. The molecule has 1 aliphatic rings. The van der Waals surface area contributed by atoms with Gasteiger partial charge in [0.25, 0.3) is 11.8 Å². The van der Waals surface area contributed by atoms with Crippen LogP contribution in [0.25, 0.3) is 17.2 Å². The molecule has 3 aromatic carbocycles. The summed E-state index contributed by atoms with van der Waals surface area (Å²) >= 11 is 11.2. The fourth-order valence-electron chi connectivity index (χ4n) is 3.47. The minimum atomic E-state index is -0.549. The summed E-state index contributed by atoms with van der Waals surface area (Å²) in [5.41, 5.74) is 2.96. The Labute approximate surface area is 201 Å². The van der Waals surface area contributed by atoms with E-state index < -0.39 is 11.8 Å². The lowest BCUT2D eigenvalue weighted by Gasteiger charge is -2.29. The Morgan fingerprint density at radius 3 is 2.30 bits per heavy atom. The van der Waals surface area contributed by atoms with E-state index in [1.807, 2.05) is 42.5 Å². The van der Waals surface area contributed by atoms with Crippen LogP contribution in [0.15, 0.2) is 72.3 Å². The minimum absolute atomic E-state index is 0.0172. The number of ether oxygens (including phenoxy) is 2. The van der Waals surface area contributed by atoms with Gasteiger partial charge in [-0.25, -0.2) is 0 Å². The van der Waals surface area contributed by atoms with Crippen molar-refractivity contribution >= 4 is 52.5 Å². The van der Waals surface area contributed by atoms with Crippen molar-refractivity contribution in [3.8, 4) is 22.6 Å². The lowest BCUT2D eigenvalue weighted by molar-refractivity contribution is -0.122. The van der Waals surface area contributed by atoms with E-state index in [1.54, 1.807) is 44.6 Å². The summed E-state index contributed by atoms with van der Waals surface area (Å²) in [5.74, 6) is 0.171. The molecule has 0 unspecified atom stereocenters. The van der Waals surface area contributed by atoms with Crippen LogP contribution >= 0.6 is 23.8 Å². The number of thiocarbonyl (C=S) groups is 1. The Kier molecular flexibility index (Phi) is 6.44. The Hall–Kier alpha value is -3.68. The van der Waals surface area contributed by atoms with Crippen molar-refractivity contribution in [2.75, 3.05) is 19.1 Å². The van der Waals surface area contributed by atoms with Crippen LogP contribution in [0.1, 0.15) is 5.56 Å². The number of halogens is 1. The molecule has 1 heterocycles. The SMILES string of the molecule is COc1ccc(-c2cccc(/C=C3/C(=O)NC(=S)N(c4ccc(Cl)cc4)C3=O)c2)cc1OC. The van der Waals surface area contributed by atoms with Gasteiger partial charge in [0.15, 0.2) is 16.6 Å². The molecule has 0 bridgehead atoms. The molecule has 6 nitrogen and oxygen atoms in total. The van der Waals surface area contributed by atoms with Gasteiger partial charge >= 0.3 is 0 Å². The van der Waals surface area contributed by atoms with E-state index in [4.69, 9.17) is 33.3 Å². The Morgan fingerprint density at radius 2 is 1.61 bits per heavy atom. The van der Waals surface area contributed by atoms with Crippen molar-refractivity contribution in [2.24, 2.45) is 0 Å². The molecule has 1 aliphatic heterocycles. The number of carbonyl (C=O) groups excluding carboxylic acids is 2. The van der Waals surface area contributed by atoms with E-state index in [9.17, 15) is 9.59 Å². The van der Waals surface area contributed by atoms with Gasteiger partial charge in [0, 0.05) is 5.02 Å². The molecule has 33 heavy (non-hydrogen) atoms. The molecule has 166 valence electrons. The van der Waals surface area contributed by atoms with E-state index in [0.717, 1.165) is 11.1 Å². The second kappa shape index (κ2) is 9.44. The number of hydrogen-bond donors (Lipinski definition) is 1. The predicted octanol–water partition coefficient (Wildman–Crippen LogP) is 4.86. The van der Waals surface area contributed by atoms with Crippen LogP contribution in [0.2, 0.25) is 5.02 Å². The number of amides is 2. The topological polar surface area (TPSA) is 67.9 Å². The van der Waals surface area contributed by atoms with Gasteiger partial charge in [0.1, 0.15) is 5.57 Å². The van der Waals surface area contributed by atoms with Crippen molar-refractivity contribution in [3.63, 3.8) is 0 Å². The molecule has 1 fully saturated rings. The summed E-state index contributed by atoms with van der Waals surface area (Å²) in [6.07, 6.45) is 1.55. The molecule has 0 atom stereocenters. The third kappa shape index (κ3) is 4.60. The van der Waals surface area contributed by atoms with Crippen molar-refractivity contribution < 1.29 is 19.1 Å². The maximum absolute atomic E-state index is 13.2. The second-order valence-electron chi connectivity index (χ2n) is 7.13. The number of nitrogens with zero attached hydrogens (tertiary/aromatic N) is 1. The van der Waals surface area contributed by atoms with Gasteiger partial charge in [-0.15, -0.1) is 0 Å². The molecular formula is C25H19ClN2O4S. The van der Waals surface area contributed by atoms with Crippen LogP contribution in [0.3, 0.4) is 0 Å². The van der Waals surface area contributed by atoms with Gasteiger partial charge < -0.3 is 9.47 Å². The van der Waals surface area contributed by atoms with Crippen LogP contribution in [-0.2, 0) is 9.59 Å². The maximum Gasteiger partial charge on any atom is 0.270 e. The van der Waals surface area contributed by atoms with Crippen molar-refractivity contribution in [3.05, 3.63) is 82.9 Å². The normalized spacial score (nSPS) is 14.9. The van der Waals surface area contributed by atoms with E-state index in [0.29, 0.717) is 27.8 Å². The highest BCUT2D eigenvalue weighted by Gasteiger charge is 2.34. The summed E-state index contributed by atoms with van der Waals surface area (Å²) in [6, 6.07) is 19.7. The van der Waals surface area contributed by atoms with Gasteiger partial charge in [-0.05, 0) is 77.4 Å². The third-order valence-electron chi connectivity index (χ3n) is 5.10. The molecule has 0 radical (unpaired) electrons. The smallest absolute Gasteiger partial charge is 0.270 e. The Bertz CT molecular complexity index is 1290. The highest BCUT2D eigenvalue weighted by atomic mass is 35.5.